The molecular formula is C23H23FN2O4. The molecule has 7 heteroatoms. The first-order valence-electron chi connectivity index (χ1n) is 10.3. The lowest BCUT2D eigenvalue weighted by atomic mass is 10.0. The fourth-order valence-corrected chi connectivity index (χ4v) is 4.18. The van der Waals surface area contributed by atoms with Gasteiger partial charge in [0.2, 0.25) is 5.91 Å². The van der Waals surface area contributed by atoms with Crippen LogP contribution in [0.1, 0.15) is 35.2 Å². The number of nitrogens with zero attached hydrogens (tertiary/aromatic N) is 2. The summed E-state index contributed by atoms with van der Waals surface area (Å²) in [5.41, 5.74) is 2.06. The molecule has 1 aliphatic carbocycles. The van der Waals surface area contributed by atoms with Gasteiger partial charge in [0, 0.05) is 35.8 Å². The molecule has 0 bridgehead atoms. The van der Waals surface area contributed by atoms with E-state index >= 15 is 0 Å². The number of carbonyl (C=O) groups excluding carboxylic acids is 2. The number of benzene rings is 2. The van der Waals surface area contributed by atoms with Crippen molar-refractivity contribution in [1.29, 1.82) is 0 Å². The predicted molar refractivity (Wildman–Crippen MR) is 109 cm³/mol. The molecule has 5 rings (SSSR count). The topological polar surface area (TPSA) is 59.1 Å². The van der Waals surface area contributed by atoms with E-state index in [1.54, 1.807) is 6.07 Å². The molecule has 0 N–H and O–H groups in total. The average Bonchev–Trinajstić information content (AvgIpc) is 3.58. The van der Waals surface area contributed by atoms with Crippen LogP contribution in [0, 0.1) is 5.82 Å². The summed E-state index contributed by atoms with van der Waals surface area (Å²) in [5, 5.41) is 0. The summed E-state index contributed by atoms with van der Waals surface area (Å²) < 4.78 is 25.3. The Balaban J connectivity index is 1.51. The van der Waals surface area contributed by atoms with Crippen LogP contribution in [0.3, 0.4) is 0 Å². The molecule has 0 aromatic heterocycles. The number of ether oxygens (including phenoxy) is 2. The third-order valence-electron chi connectivity index (χ3n) is 5.84. The normalized spacial score (nSPS) is 18.5. The number of halogens is 1. The number of fused-ring (bicyclic) bond motifs is 3. The first-order valence-corrected chi connectivity index (χ1v) is 10.3. The molecule has 2 aliphatic heterocycles. The molecule has 1 fully saturated rings. The summed E-state index contributed by atoms with van der Waals surface area (Å²) in [6.07, 6.45) is 2.38. The second-order valence-electron chi connectivity index (χ2n) is 7.95. The fourth-order valence-electron chi connectivity index (χ4n) is 4.18. The average molecular weight is 410 g/mol. The second kappa shape index (κ2) is 7.63. The van der Waals surface area contributed by atoms with Crippen LogP contribution in [-0.2, 0) is 11.3 Å². The molecule has 0 unspecified atom stereocenters. The van der Waals surface area contributed by atoms with Crippen molar-refractivity contribution in [2.75, 3.05) is 31.2 Å². The molecule has 2 aromatic carbocycles. The molecule has 156 valence electrons. The molecule has 30 heavy (non-hydrogen) atoms. The van der Waals surface area contributed by atoms with E-state index in [-0.39, 0.29) is 24.3 Å². The Kier molecular flexibility index (Phi) is 4.81. The highest BCUT2D eigenvalue weighted by atomic mass is 19.1. The van der Waals surface area contributed by atoms with Crippen molar-refractivity contribution in [2.24, 2.45) is 0 Å². The lowest BCUT2D eigenvalue weighted by Crippen LogP contribution is -2.41. The maximum Gasteiger partial charge on any atom is 0.224 e. The third kappa shape index (κ3) is 3.60. The first-order chi connectivity index (χ1) is 14.6. The van der Waals surface area contributed by atoms with Gasteiger partial charge in [-0.25, -0.2) is 4.39 Å². The zero-order chi connectivity index (χ0) is 20.7. The largest absolute Gasteiger partial charge is 0.486 e. The van der Waals surface area contributed by atoms with Gasteiger partial charge in [-0.2, -0.15) is 0 Å². The summed E-state index contributed by atoms with van der Waals surface area (Å²) in [6.45, 7) is 1.85. The van der Waals surface area contributed by atoms with Crippen LogP contribution in [0.25, 0.3) is 0 Å². The zero-order valence-electron chi connectivity index (χ0n) is 16.6. The van der Waals surface area contributed by atoms with E-state index in [9.17, 15) is 14.0 Å². The highest BCUT2D eigenvalue weighted by Crippen LogP contribution is 2.43. The highest BCUT2D eigenvalue weighted by Gasteiger charge is 2.36. The van der Waals surface area contributed by atoms with Crippen molar-refractivity contribution in [3.05, 3.63) is 53.3 Å². The van der Waals surface area contributed by atoms with Crippen molar-refractivity contribution in [3.63, 3.8) is 0 Å². The van der Waals surface area contributed by atoms with E-state index < -0.39 is 5.82 Å². The maximum absolute atomic E-state index is 13.6. The van der Waals surface area contributed by atoms with E-state index in [0.717, 1.165) is 24.1 Å². The summed E-state index contributed by atoms with van der Waals surface area (Å²) in [7, 11) is 0. The summed E-state index contributed by atoms with van der Waals surface area (Å²) >= 11 is 0. The Morgan fingerprint density at radius 1 is 1.13 bits per heavy atom. The van der Waals surface area contributed by atoms with Crippen LogP contribution in [-0.4, -0.2) is 48.9 Å². The lowest BCUT2D eigenvalue weighted by molar-refractivity contribution is -0.132. The molecule has 1 amide bonds. The van der Waals surface area contributed by atoms with Crippen LogP contribution < -0.4 is 14.4 Å². The van der Waals surface area contributed by atoms with E-state index in [1.807, 2.05) is 21.9 Å². The fraction of sp³-hybridized carbons (Fsp3) is 0.391. The second-order valence-corrected chi connectivity index (χ2v) is 7.95. The minimum Gasteiger partial charge on any atom is -0.486 e. The Morgan fingerprint density at radius 3 is 2.77 bits per heavy atom. The van der Waals surface area contributed by atoms with Crippen molar-refractivity contribution in [3.8, 4) is 11.5 Å². The summed E-state index contributed by atoms with van der Waals surface area (Å²) in [5.74, 6) is 0.773. The molecule has 1 saturated carbocycles. The van der Waals surface area contributed by atoms with Gasteiger partial charge in [-0.1, -0.05) is 12.1 Å². The molecule has 0 radical (unpaired) electrons. The number of rotatable bonds is 4. The van der Waals surface area contributed by atoms with Gasteiger partial charge in [0.05, 0.1) is 13.1 Å². The zero-order valence-corrected chi connectivity index (χ0v) is 16.6. The smallest absolute Gasteiger partial charge is 0.224 e. The van der Waals surface area contributed by atoms with Crippen molar-refractivity contribution < 1.29 is 23.5 Å². The molecule has 2 heterocycles. The third-order valence-corrected chi connectivity index (χ3v) is 5.84. The van der Waals surface area contributed by atoms with Crippen LogP contribution in [0.2, 0.25) is 0 Å². The van der Waals surface area contributed by atoms with Crippen LogP contribution in [0.4, 0.5) is 10.1 Å². The van der Waals surface area contributed by atoms with Crippen molar-refractivity contribution in [2.45, 2.75) is 31.8 Å². The number of anilines is 1. The summed E-state index contributed by atoms with van der Waals surface area (Å²) in [6, 6.07) is 9.78. The Labute approximate surface area is 174 Å². The van der Waals surface area contributed by atoms with Crippen LogP contribution in [0.15, 0.2) is 36.4 Å². The Morgan fingerprint density at radius 2 is 1.97 bits per heavy atom. The van der Waals surface area contributed by atoms with E-state index in [1.165, 1.54) is 18.2 Å². The molecule has 6 nitrogen and oxygen atoms in total. The first kappa shape index (κ1) is 18.9. The molecule has 3 aliphatic rings. The number of hydrogen-bond donors (Lipinski definition) is 0. The van der Waals surface area contributed by atoms with Crippen molar-refractivity contribution >= 4 is 17.4 Å². The van der Waals surface area contributed by atoms with Gasteiger partial charge in [0.1, 0.15) is 19.0 Å². The van der Waals surface area contributed by atoms with Crippen LogP contribution in [0.5, 0.6) is 11.5 Å². The highest BCUT2D eigenvalue weighted by molar-refractivity contribution is 5.99. The molecule has 0 saturated heterocycles. The predicted octanol–water partition coefficient (Wildman–Crippen LogP) is 3.18. The number of carbonyl (C=O) groups is 2. The monoisotopic (exact) mass is 410 g/mol. The van der Waals surface area contributed by atoms with Gasteiger partial charge in [0.15, 0.2) is 17.3 Å². The SMILES string of the molecule is O=C(CN1CCC(=O)N(C2CC2)Cc2c1ccc1c2OCCO1)c1cccc(F)c1. The molecular weight excluding hydrogens is 387 g/mol. The lowest BCUT2D eigenvalue weighted by Gasteiger charge is -2.35. The van der Waals surface area contributed by atoms with Crippen molar-refractivity contribution in [1.82, 2.24) is 4.90 Å². The standard InChI is InChI=1S/C23H23FN2O4/c24-16-3-1-2-15(12-16)20(27)14-25-9-8-22(28)26(17-4-5-17)13-18-19(25)6-7-21-23(18)30-11-10-29-21/h1-3,6-7,12,17H,4-5,8-11,13-14H2. The minimum atomic E-state index is -0.441. The molecule has 0 atom stereocenters. The minimum absolute atomic E-state index is 0.0623. The van der Waals surface area contributed by atoms with E-state index in [0.29, 0.717) is 49.8 Å². The van der Waals surface area contributed by atoms with E-state index in [2.05, 4.69) is 0 Å². The van der Waals surface area contributed by atoms with Gasteiger partial charge in [-0.15, -0.1) is 0 Å². The molecule has 0 spiro atoms. The number of ketones is 1. The van der Waals surface area contributed by atoms with E-state index in [4.69, 9.17) is 9.47 Å². The summed E-state index contributed by atoms with van der Waals surface area (Å²) in [4.78, 5) is 29.6. The van der Waals surface area contributed by atoms with Gasteiger partial charge >= 0.3 is 0 Å². The number of amides is 1. The van der Waals surface area contributed by atoms with Gasteiger partial charge in [0.25, 0.3) is 0 Å². The van der Waals surface area contributed by atoms with Crippen LogP contribution >= 0.6 is 0 Å². The molecule has 2 aromatic rings. The van der Waals surface area contributed by atoms with Gasteiger partial charge < -0.3 is 19.3 Å². The Bertz CT molecular complexity index is 1000. The maximum atomic E-state index is 13.6. The quantitative estimate of drug-likeness (QED) is 0.725. The Hall–Kier alpha value is -3.09. The number of hydrogen-bond acceptors (Lipinski definition) is 5. The van der Waals surface area contributed by atoms with Gasteiger partial charge in [-0.3, -0.25) is 9.59 Å². The number of Topliss-reactive ketones (excluding diaryl/α,β-unsaturated/α-hetero) is 1. The van der Waals surface area contributed by atoms with Gasteiger partial charge in [-0.05, 0) is 37.1 Å².